The van der Waals surface area contributed by atoms with Gasteiger partial charge in [0.25, 0.3) is 0 Å². The molecule has 64 valence electrons. The summed E-state index contributed by atoms with van der Waals surface area (Å²) in [6.45, 7) is 4.47. The number of aromatic nitrogens is 1. The molecule has 3 heteroatoms. The van der Waals surface area contributed by atoms with E-state index < -0.39 is 0 Å². The maximum atomic E-state index is 10.4. The van der Waals surface area contributed by atoms with E-state index in [0.29, 0.717) is 17.0 Å². The summed E-state index contributed by atoms with van der Waals surface area (Å²) in [5.74, 6) is 0.594. The zero-order valence-corrected chi connectivity index (χ0v) is 8.02. The molecular formula is C9H11NOS. The minimum Gasteiger partial charge on any atom is -0.296 e. The highest BCUT2D eigenvalue weighted by atomic mass is 32.1. The van der Waals surface area contributed by atoms with Gasteiger partial charge in [-0.2, -0.15) is 0 Å². The molecule has 1 aromatic heterocycles. The van der Waals surface area contributed by atoms with Gasteiger partial charge in [0.05, 0.1) is 5.01 Å². The molecule has 1 heterocycles. The van der Waals surface area contributed by atoms with E-state index in [1.165, 1.54) is 6.42 Å². The molecule has 1 aliphatic carbocycles. The SMILES string of the molecule is CC1(C)CC1c1nc(C=O)cs1. The second kappa shape index (κ2) is 2.39. The smallest absolute Gasteiger partial charge is 0.169 e. The van der Waals surface area contributed by atoms with Crippen molar-refractivity contribution in [2.24, 2.45) is 5.41 Å². The average molecular weight is 181 g/mol. The number of hydrogen-bond donors (Lipinski definition) is 0. The van der Waals surface area contributed by atoms with E-state index in [9.17, 15) is 4.79 Å². The molecule has 0 amide bonds. The van der Waals surface area contributed by atoms with Crippen molar-refractivity contribution in [3.63, 3.8) is 0 Å². The summed E-state index contributed by atoms with van der Waals surface area (Å²) in [4.78, 5) is 14.6. The Hall–Kier alpha value is -0.700. The molecular weight excluding hydrogens is 170 g/mol. The van der Waals surface area contributed by atoms with Crippen molar-refractivity contribution in [2.45, 2.75) is 26.2 Å². The number of rotatable bonds is 2. The van der Waals surface area contributed by atoms with Crippen LogP contribution in [0.25, 0.3) is 0 Å². The van der Waals surface area contributed by atoms with Crippen LogP contribution in [-0.2, 0) is 0 Å². The lowest BCUT2D eigenvalue weighted by Crippen LogP contribution is -1.89. The molecule has 0 aromatic carbocycles. The summed E-state index contributed by atoms with van der Waals surface area (Å²) < 4.78 is 0. The van der Waals surface area contributed by atoms with Crippen molar-refractivity contribution in [3.05, 3.63) is 16.1 Å². The third-order valence-electron chi connectivity index (χ3n) is 2.47. The Labute approximate surface area is 75.6 Å². The standard InChI is InChI=1S/C9H11NOS/c1-9(2)3-7(9)8-10-6(4-11)5-12-8/h4-5,7H,3H2,1-2H3. The van der Waals surface area contributed by atoms with Gasteiger partial charge in [0.15, 0.2) is 6.29 Å². The fourth-order valence-corrected chi connectivity index (χ4v) is 2.48. The fraction of sp³-hybridized carbons (Fsp3) is 0.556. The molecule has 2 rings (SSSR count). The van der Waals surface area contributed by atoms with E-state index in [4.69, 9.17) is 0 Å². The Morgan fingerprint density at radius 1 is 1.75 bits per heavy atom. The molecule has 1 unspecified atom stereocenters. The van der Waals surface area contributed by atoms with Crippen molar-refractivity contribution in [1.29, 1.82) is 0 Å². The lowest BCUT2D eigenvalue weighted by Gasteiger charge is -1.97. The third kappa shape index (κ3) is 1.18. The fourth-order valence-electron chi connectivity index (χ4n) is 1.40. The molecule has 0 saturated heterocycles. The van der Waals surface area contributed by atoms with Gasteiger partial charge in [0, 0.05) is 11.3 Å². The summed E-state index contributed by atoms with van der Waals surface area (Å²) >= 11 is 1.60. The van der Waals surface area contributed by atoms with E-state index in [2.05, 4.69) is 18.8 Å². The highest BCUT2D eigenvalue weighted by Crippen LogP contribution is 2.58. The molecule has 0 aliphatic heterocycles. The maximum Gasteiger partial charge on any atom is 0.169 e. The highest BCUT2D eigenvalue weighted by molar-refractivity contribution is 7.09. The number of nitrogens with zero attached hydrogens (tertiary/aromatic N) is 1. The van der Waals surface area contributed by atoms with Crippen molar-refractivity contribution in [1.82, 2.24) is 4.98 Å². The van der Waals surface area contributed by atoms with Gasteiger partial charge in [-0.1, -0.05) is 13.8 Å². The minimum atomic E-state index is 0.415. The number of hydrogen-bond acceptors (Lipinski definition) is 3. The van der Waals surface area contributed by atoms with E-state index in [0.717, 1.165) is 11.3 Å². The lowest BCUT2D eigenvalue weighted by atomic mass is 10.1. The van der Waals surface area contributed by atoms with E-state index >= 15 is 0 Å². The van der Waals surface area contributed by atoms with Crippen LogP contribution in [0, 0.1) is 5.41 Å². The second-order valence-electron chi connectivity index (χ2n) is 3.97. The molecule has 1 atom stereocenters. The Morgan fingerprint density at radius 2 is 2.42 bits per heavy atom. The Kier molecular flexibility index (Phi) is 1.58. The summed E-state index contributed by atoms with van der Waals surface area (Å²) in [6, 6.07) is 0. The second-order valence-corrected chi connectivity index (χ2v) is 4.86. The predicted octanol–water partition coefficient (Wildman–Crippen LogP) is 2.47. The van der Waals surface area contributed by atoms with E-state index in [1.54, 1.807) is 11.3 Å². The van der Waals surface area contributed by atoms with Crippen LogP contribution >= 0.6 is 11.3 Å². The van der Waals surface area contributed by atoms with Crippen LogP contribution in [-0.4, -0.2) is 11.3 Å². The largest absolute Gasteiger partial charge is 0.296 e. The van der Waals surface area contributed by atoms with Crippen molar-refractivity contribution >= 4 is 17.6 Å². The Morgan fingerprint density at radius 3 is 2.83 bits per heavy atom. The van der Waals surface area contributed by atoms with Gasteiger partial charge < -0.3 is 0 Å². The van der Waals surface area contributed by atoms with Crippen LogP contribution in [0.2, 0.25) is 0 Å². The van der Waals surface area contributed by atoms with Crippen molar-refractivity contribution in [3.8, 4) is 0 Å². The Bertz CT molecular complexity index is 316. The van der Waals surface area contributed by atoms with Crippen LogP contribution in [0.5, 0.6) is 0 Å². The molecule has 1 fully saturated rings. The molecule has 0 bridgehead atoms. The Balaban J connectivity index is 2.20. The zero-order valence-electron chi connectivity index (χ0n) is 7.20. The maximum absolute atomic E-state index is 10.4. The topological polar surface area (TPSA) is 30.0 Å². The summed E-state index contributed by atoms with van der Waals surface area (Å²) in [5, 5.41) is 2.96. The molecule has 12 heavy (non-hydrogen) atoms. The molecule has 0 N–H and O–H groups in total. The molecule has 0 radical (unpaired) electrons. The van der Waals surface area contributed by atoms with Gasteiger partial charge in [0.2, 0.25) is 0 Å². The van der Waals surface area contributed by atoms with E-state index in [-0.39, 0.29) is 0 Å². The van der Waals surface area contributed by atoms with Gasteiger partial charge in [-0.25, -0.2) is 4.98 Å². The summed E-state index contributed by atoms with van der Waals surface area (Å²) in [7, 11) is 0. The monoisotopic (exact) mass is 181 g/mol. The van der Waals surface area contributed by atoms with Gasteiger partial charge in [-0.3, -0.25) is 4.79 Å². The molecule has 1 aliphatic rings. The number of aldehydes is 1. The average Bonchev–Trinajstić information content (AvgIpc) is 2.52. The van der Waals surface area contributed by atoms with Gasteiger partial charge in [0.1, 0.15) is 5.69 Å². The quantitative estimate of drug-likeness (QED) is 0.656. The molecule has 1 aromatic rings. The number of carbonyl (C=O) groups excluding carboxylic acids is 1. The highest BCUT2D eigenvalue weighted by Gasteiger charge is 2.48. The number of carbonyl (C=O) groups is 1. The summed E-state index contributed by atoms with van der Waals surface area (Å²) in [6.07, 6.45) is 2.02. The van der Waals surface area contributed by atoms with E-state index in [1.807, 2.05) is 5.38 Å². The predicted molar refractivity (Wildman–Crippen MR) is 48.6 cm³/mol. The van der Waals surface area contributed by atoms with Crippen LogP contribution in [0.1, 0.15) is 41.7 Å². The van der Waals surface area contributed by atoms with Crippen LogP contribution in [0.15, 0.2) is 5.38 Å². The first kappa shape index (κ1) is 7.92. The normalized spacial score (nSPS) is 25.3. The molecule has 1 saturated carbocycles. The summed E-state index contributed by atoms with van der Waals surface area (Å²) in [5.41, 5.74) is 0.996. The van der Waals surface area contributed by atoms with Gasteiger partial charge >= 0.3 is 0 Å². The minimum absolute atomic E-state index is 0.415. The first-order valence-corrected chi connectivity index (χ1v) is 4.92. The van der Waals surface area contributed by atoms with Crippen LogP contribution in [0.3, 0.4) is 0 Å². The zero-order chi connectivity index (χ0) is 8.77. The number of thiazole rings is 1. The van der Waals surface area contributed by atoms with Gasteiger partial charge in [-0.15, -0.1) is 11.3 Å². The van der Waals surface area contributed by atoms with Crippen LogP contribution < -0.4 is 0 Å². The molecule has 0 spiro atoms. The third-order valence-corrected chi connectivity index (χ3v) is 3.45. The first-order chi connectivity index (χ1) is 5.63. The van der Waals surface area contributed by atoms with Crippen molar-refractivity contribution < 1.29 is 4.79 Å². The van der Waals surface area contributed by atoms with Crippen LogP contribution in [0.4, 0.5) is 0 Å². The van der Waals surface area contributed by atoms with Gasteiger partial charge in [-0.05, 0) is 11.8 Å². The molecule has 2 nitrogen and oxygen atoms in total. The van der Waals surface area contributed by atoms with Crippen molar-refractivity contribution in [2.75, 3.05) is 0 Å². The first-order valence-electron chi connectivity index (χ1n) is 4.04. The lowest BCUT2D eigenvalue weighted by molar-refractivity contribution is 0.111.